The van der Waals surface area contributed by atoms with E-state index in [2.05, 4.69) is 34.6 Å². The minimum atomic E-state index is 0.783. The molecule has 0 aliphatic carbocycles. The second kappa shape index (κ2) is 9.04. The van der Waals surface area contributed by atoms with Crippen molar-refractivity contribution in [3.05, 3.63) is 0 Å². The molecule has 0 aromatic rings. The van der Waals surface area contributed by atoms with Crippen molar-refractivity contribution in [2.24, 2.45) is 29.4 Å². The van der Waals surface area contributed by atoms with Gasteiger partial charge in [-0.05, 0) is 43.1 Å². The molecule has 2 N–H and O–H groups in total. The Hall–Kier alpha value is -0.0400. The van der Waals surface area contributed by atoms with Crippen LogP contribution < -0.4 is 5.73 Å². The lowest BCUT2D eigenvalue weighted by Gasteiger charge is -2.30. The van der Waals surface area contributed by atoms with E-state index < -0.39 is 0 Å². The zero-order valence-corrected chi connectivity index (χ0v) is 12.1. The average Bonchev–Trinajstić information content (AvgIpc) is 2.27. The van der Waals surface area contributed by atoms with Crippen molar-refractivity contribution < 1.29 is 0 Å². The maximum absolute atomic E-state index is 5.67. The molecular formula is C15H33N. The fraction of sp³-hybridized carbons (Fsp3) is 1.00. The molecular weight excluding hydrogens is 194 g/mol. The third kappa shape index (κ3) is 5.89. The summed E-state index contributed by atoms with van der Waals surface area (Å²) in [7, 11) is 0. The third-order valence-corrected chi connectivity index (χ3v) is 4.32. The molecule has 16 heavy (non-hydrogen) atoms. The van der Waals surface area contributed by atoms with Gasteiger partial charge in [0.15, 0.2) is 0 Å². The van der Waals surface area contributed by atoms with Crippen molar-refractivity contribution in [2.45, 2.75) is 66.7 Å². The molecule has 1 heteroatoms. The zero-order valence-electron chi connectivity index (χ0n) is 12.1. The predicted octanol–water partition coefficient (Wildman–Crippen LogP) is 4.46. The summed E-state index contributed by atoms with van der Waals surface area (Å²) in [6, 6.07) is 0. The van der Waals surface area contributed by atoms with Gasteiger partial charge in [0.05, 0.1) is 0 Å². The van der Waals surface area contributed by atoms with E-state index in [-0.39, 0.29) is 0 Å². The van der Waals surface area contributed by atoms with Gasteiger partial charge in [-0.3, -0.25) is 0 Å². The molecule has 0 spiro atoms. The maximum atomic E-state index is 5.67. The first-order chi connectivity index (χ1) is 7.56. The fourth-order valence-electron chi connectivity index (χ4n) is 2.64. The average molecular weight is 227 g/mol. The quantitative estimate of drug-likeness (QED) is 0.618. The lowest BCUT2D eigenvalue weighted by atomic mass is 9.76. The lowest BCUT2D eigenvalue weighted by Crippen LogP contribution is -2.23. The Morgan fingerprint density at radius 2 is 1.62 bits per heavy atom. The van der Waals surface area contributed by atoms with Crippen molar-refractivity contribution in [1.82, 2.24) is 0 Å². The van der Waals surface area contributed by atoms with Crippen LogP contribution in [0.15, 0.2) is 0 Å². The van der Waals surface area contributed by atoms with E-state index in [1.54, 1.807) is 0 Å². The topological polar surface area (TPSA) is 26.0 Å². The minimum Gasteiger partial charge on any atom is -0.330 e. The van der Waals surface area contributed by atoms with E-state index >= 15 is 0 Å². The first kappa shape index (κ1) is 16.0. The first-order valence-electron chi connectivity index (χ1n) is 7.26. The molecule has 0 aromatic carbocycles. The van der Waals surface area contributed by atoms with Crippen molar-refractivity contribution in [3.8, 4) is 0 Å². The zero-order chi connectivity index (χ0) is 12.6. The highest BCUT2D eigenvalue weighted by Gasteiger charge is 2.22. The molecule has 0 amide bonds. The molecule has 1 nitrogen and oxygen atoms in total. The van der Waals surface area contributed by atoms with Crippen LogP contribution in [0.2, 0.25) is 0 Å². The Labute approximate surface area is 103 Å². The molecule has 0 radical (unpaired) electrons. The van der Waals surface area contributed by atoms with E-state index in [0.29, 0.717) is 0 Å². The van der Waals surface area contributed by atoms with Crippen molar-refractivity contribution >= 4 is 0 Å². The summed E-state index contributed by atoms with van der Waals surface area (Å²) in [5.41, 5.74) is 5.67. The molecule has 0 aromatic heterocycles. The lowest BCUT2D eigenvalue weighted by molar-refractivity contribution is 0.202. The van der Waals surface area contributed by atoms with Crippen LogP contribution in [0.5, 0.6) is 0 Å². The Morgan fingerprint density at radius 3 is 2.06 bits per heavy atom. The van der Waals surface area contributed by atoms with Gasteiger partial charge in [-0.15, -0.1) is 0 Å². The summed E-state index contributed by atoms with van der Waals surface area (Å²) in [5.74, 6) is 3.40. The van der Waals surface area contributed by atoms with Gasteiger partial charge < -0.3 is 5.73 Å². The molecule has 4 unspecified atom stereocenters. The predicted molar refractivity (Wildman–Crippen MR) is 74.5 cm³/mol. The van der Waals surface area contributed by atoms with Crippen LogP contribution in [0.4, 0.5) is 0 Å². The summed E-state index contributed by atoms with van der Waals surface area (Å²) < 4.78 is 0. The second-order valence-corrected chi connectivity index (χ2v) is 5.71. The standard InChI is InChI=1S/C15H33N/c1-6-8-15(11-12(3)7-2)14(5)13(4)9-10-16/h12-15H,6-11,16H2,1-5H3. The molecule has 4 atom stereocenters. The molecule has 0 bridgehead atoms. The molecule has 98 valence electrons. The summed E-state index contributed by atoms with van der Waals surface area (Å²) >= 11 is 0. The van der Waals surface area contributed by atoms with Gasteiger partial charge in [-0.1, -0.05) is 53.9 Å². The normalized spacial score (nSPS) is 19.1. The number of nitrogens with two attached hydrogens (primary N) is 1. The Bertz CT molecular complexity index is 156. The summed E-state index contributed by atoms with van der Waals surface area (Å²) in [4.78, 5) is 0. The third-order valence-electron chi connectivity index (χ3n) is 4.32. The smallest absolute Gasteiger partial charge is 0.00746 e. The van der Waals surface area contributed by atoms with E-state index in [4.69, 9.17) is 5.73 Å². The van der Waals surface area contributed by atoms with Gasteiger partial charge in [-0.2, -0.15) is 0 Å². The largest absolute Gasteiger partial charge is 0.330 e. The van der Waals surface area contributed by atoms with Crippen LogP contribution in [0.25, 0.3) is 0 Å². The van der Waals surface area contributed by atoms with Gasteiger partial charge in [0, 0.05) is 0 Å². The summed E-state index contributed by atoms with van der Waals surface area (Å²) in [5, 5.41) is 0. The fourth-order valence-corrected chi connectivity index (χ4v) is 2.64. The Kier molecular flexibility index (Phi) is 9.02. The van der Waals surface area contributed by atoms with E-state index in [0.717, 1.165) is 30.2 Å². The van der Waals surface area contributed by atoms with Crippen molar-refractivity contribution in [3.63, 3.8) is 0 Å². The Balaban J connectivity index is 4.26. The second-order valence-electron chi connectivity index (χ2n) is 5.71. The molecule has 0 saturated carbocycles. The maximum Gasteiger partial charge on any atom is -0.00746 e. The van der Waals surface area contributed by atoms with Crippen molar-refractivity contribution in [1.29, 1.82) is 0 Å². The van der Waals surface area contributed by atoms with E-state index in [9.17, 15) is 0 Å². The van der Waals surface area contributed by atoms with Crippen LogP contribution in [-0.4, -0.2) is 6.54 Å². The Morgan fingerprint density at radius 1 is 1.00 bits per heavy atom. The van der Waals surface area contributed by atoms with Gasteiger partial charge in [0.25, 0.3) is 0 Å². The molecule has 0 fully saturated rings. The van der Waals surface area contributed by atoms with Crippen LogP contribution >= 0.6 is 0 Å². The highest BCUT2D eigenvalue weighted by Crippen LogP contribution is 2.32. The molecule has 0 aliphatic heterocycles. The molecule has 0 aliphatic rings. The summed E-state index contributed by atoms with van der Waals surface area (Å²) in [6.45, 7) is 12.7. The molecule has 0 saturated heterocycles. The number of hydrogen-bond acceptors (Lipinski definition) is 1. The highest BCUT2D eigenvalue weighted by atomic mass is 14.5. The van der Waals surface area contributed by atoms with Gasteiger partial charge in [-0.25, -0.2) is 0 Å². The number of hydrogen-bond donors (Lipinski definition) is 1. The van der Waals surface area contributed by atoms with Crippen LogP contribution in [0.3, 0.4) is 0 Å². The summed E-state index contributed by atoms with van der Waals surface area (Å²) in [6.07, 6.45) is 6.61. The van der Waals surface area contributed by atoms with Crippen LogP contribution in [0.1, 0.15) is 66.7 Å². The van der Waals surface area contributed by atoms with Crippen LogP contribution in [-0.2, 0) is 0 Å². The minimum absolute atomic E-state index is 0.783. The molecule has 0 rings (SSSR count). The van der Waals surface area contributed by atoms with Crippen molar-refractivity contribution in [2.75, 3.05) is 6.54 Å². The monoisotopic (exact) mass is 227 g/mol. The van der Waals surface area contributed by atoms with E-state index in [1.165, 1.54) is 32.1 Å². The highest BCUT2D eigenvalue weighted by molar-refractivity contribution is 4.73. The SMILES string of the molecule is CCCC(CC(C)CC)C(C)C(C)CCN. The van der Waals surface area contributed by atoms with E-state index in [1.807, 2.05) is 0 Å². The van der Waals surface area contributed by atoms with Crippen LogP contribution in [0, 0.1) is 23.7 Å². The first-order valence-corrected chi connectivity index (χ1v) is 7.26. The molecule has 0 heterocycles. The van der Waals surface area contributed by atoms with Gasteiger partial charge >= 0.3 is 0 Å². The van der Waals surface area contributed by atoms with Gasteiger partial charge in [0.2, 0.25) is 0 Å². The number of rotatable bonds is 9. The van der Waals surface area contributed by atoms with Gasteiger partial charge in [0.1, 0.15) is 0 Å².